The maximum Gasteiger partial charge on any atom is 0.216 e. The summed E-state index contributed by atoms with van der Waals surface area (Å²) in [5, 5.41) is 13.9. The summed E-state index contributed by atoms with van der Waals surface area (Å²) in [5.74, 6) is 2.88. The number of likely N-dealkylation sites (tertiary alicyclic amines) is 1. The largest absolute Gasteiger partial charge is 0.461 e. The SMILES string of the molecule is CN=C(NCCc1nc(-c2ccco2)n[nH]1)NCC(C)(C)N1CCCCC1. The fourth-order valence-corrected chi connectivity index (χ4v) is 3.35. The van der Waals surface area contributed by atoms with Crippen LogP contribution in [0, 0.1) is 0 Å². The number of aromatic amines is 1. The van der Waals surface area contributed by atoms with Gasteiger partial charge in [-0.3, -0.25) is 15.0 Å². The Morgan fingerprint density at radius 2 is 2.11 bits per heavy atom. The van der Waals surface area contributed by atoms with Gasteiger partial charge >= 0.3 is 0 Å². The fraction of sp³-hybridized carbons (Fsp3) is 0.632. The van der Waals surface area contributed by atoms with Crippen LogP contribution in [-0.2, 0) is 6.42 Å². The van der Waals surface area contributed by atoms with Crippen molar-refractivity contribution in [3.8, 4) is 11.6 Å². The Morgan fingerprint density at radius 3 is 2.81 bits per heavy atom. The van der Waals surface area contributed by atoms with Crippen LogP contribution in [0.15, 0.2) is 27.8 Å². The van der Waals surface area contributed by atoms with E-state index in [1.54, 1.807) is 13.3 Å². The number of H-pyrrole nitrogens is 1. The van der Waals surface area contributed by atoms with Gasteiger partial charge in [0.15, 0.2) is 11.7 Å². The van der Waals surface area contributed by atoms with Crippen LogP contribution in [0.3, 0.4) is 0 Å². The number of nitrogens with zero attached hydrogens (tertiary/aromatic N) is 4. The summed E-state index contributed by atoms with van der Waals surface area (Å²) in [7, 11) is 1.80. The van der Waals surface area contributed by atoms with Crippen molar-refractivity contribution in [1.82, 2.24) is 30.7 Å². The van der Waals surface area contributed by atoms with Gasteiger partial charge in [-0.15, -0.1) is 0 Å². The minimum Gasteiger partial charge on any atom is -0.461 e. The van der Waals surface area contributed by atoms with Crippen molar-refractivity contribution in [2.45, 2.75) is 45.1 Å². The first-order valence-corrected chi connectivity index (χ1v) is 9.73. The standard InChI is InChI=1S/C19H31N7O/c1-19(2,26-11-5-4-6-12-26)14-22-18(20-3)21-10-9-16-23-17(25-24-16)15-8-7-13-27-15/h7-8,13H,4-6,9-12,14H2,1-3H3,(H2,20,21,22)(H,23,24,25). The zero-order valence-electron chi connectivity index (χ0n) is 16.6. The van der Waals surface area contributed by atoms with E-state index in [-0.39, 0.29) is 5.54 Å². The molecule has 27 heavy (non-hydrogen) atoms. The van der Waals surface area contributed by atoms with Crippen molar-refractivity contribution in [2.75, 3.05) is 33.2 Å². The quantitative estimate of drug-likeness (QED) is 0.508. The molecule has 0 radical (unpaired) electrons. The Kier molecular flexibility index (Phi) is 6.49. The maximum atomic E-state index is 5.31. The van der Waals surface area contributed by atoms with Gasteiger partial charge in [-0.05, 0) is 51.9 Å². The minimum absolute atomic E-state index is 0.112. The molecule has 3 N–H and O–H groups in total. The number of furan rings is 1. The topological polar surface area (TPSA) is 94.4 Å². The molecule has 1 saturated heterocycles. The highest BCUT2D eigenvalue weighted by molar-refractivity contribution is 5.79. The van der Waals surface area contributed by atoms with Crippen molar-refractivity contribution in [2.24, 2.45) is 4.99 Å². The van der Waals surface area contributed by atoms with Crippen molar-refractivity contribution >= 4 is 5.96 Å². The third kappa shape index (κ3) is 5.32. The molecule has 0 saturated carbocycles. The molecule has 8 nitrogen and oxygen atoms in total. The van der Waals surface area contributed by atoms with Gasteiger partial charge in [-0.1, -0.05) is 6.42 Å². The average molecular weight is 374 g/mol. The molecule has 2 aromatic heterocycles. The summed E-state index contributed by atoms with van der Waals surface area (Å²) < 4.78 is 5.31. The van der Waals surface area contributed by atoms with Gasteiger partial charge in [0, 0.05) is 32.1 Å². The van der Waals surface area contributed by atoms with E-state index in [1.807, 2.05) is 12.1 Å². The number of hydrogen-bond donors (Lipinski definition) is 3. The third-order valence-corrected chi connectivity index (χ3v) is 5.05. The predicted octanol–water partition coefficient (Wildman–Crippen LogP) is 2.04. The van der Waals surface area contributed by atoms with Crippen molar-refractivity contribution < 1.29 is 4.42 Å². The molecule has 1 aliphatic rings. The van der Waals surface area contributed by atoms with Gasteiger partial charge < -0.3 is 15.1 Å². The molecule has 0 amide bonds. The molecule has 0 aliphatic carbocycles. The summed E-state index contributed by atoms with van der Waals surface area (Å²) in [5.41, 5.74) is 0.112. The van der Waals surface area contributed by atoms with Crippen LogP contribution < -0.4 is 10.6 Å². The number of rotatable bonds is 7. The second-order valence-electron chi connectivity index (χ2n) is 7.55. The lowest BCUT2D eigenvalue weighted by Crippen LogP contribution is -2.55. The van der Waals surface area contributed by atoms with Gasteiger partial charge in [-0.25, -0.2) is 4.98 Å². The first-order chi connectivity index (χ1) is 13.1. The van der Waals surface area contributed by atoms with E-state index in [9.17, 15) is 0 Å². The van der Waals surface area contributed by atoms with E-state index >= 15 is 0 Å². The highest BCUT2D eigenvalue weighted by Gasteiger charge is 2.27. The molecule has 1 fully saturated rings. The summed E-state index contributed by atoms with van der Waals surface area (Å²) in [6.45, 7) is 8.54. The molecule has 148 valence electrons. The first-order valence-electron chi connectivity index (χ1n) is 9.73. The predicted molar refractivity (Wildman–Crippen MR) is 107 cm³/mol. The fourth-order valence-electron chi connectivity index (χ4n) is 3.35. The molecular weight excluding hydrogens is 342 g/mol. The number of nitrogens with one attached hydrogen (secondary N) is 3. The molecule has 2 aromatic rings. The lowest BCUT2D eigenvalue weighted by Gasteiger charge is -2.41. The Balaban J connectivity index is 1.42. The van der Waals surface area contributed by atoms with E-state index < -0.39 is 0 Å². The molecule has 0 spiro atoms. The average Bonchev–Trinajstić information content (AvgIpc) is 3.37. The highest BCUT2D eigenvalue weighted by atomic mass is 16.3. The van der Waals surface area contributed by atoms with E-state index in [0.29, 0.717) is 11.6 Å². The van der Waals surface area contributed by atoms with E-state index in [0.717, 1.165) is 31.3 Å². The number of guanidine groups is 1. The molecule has 3 heterocycles. The van der Waals surface area contributed by atoms with Crippen LogP contribution in [0.5, 0.6) is 0 Å². The van der Waals surface area contributed by atoms with Crippen LogP contribution in [0.1, 0.15) is 38.9 Å². The lowest BCUT2D eigenvalue weighted by atomic mass is 9.98. The second kappa shape index (κ2) is 9.03. The number of hydrogen-bond acceptors (Lipinski definition) is 5. The van der Waals surface area contributed by atoms with Gasteiger partial charge in [0.05, 0.1) is 6.26 Å². The van der Waals surface area contributed by atoms with E-state index in [4.69, 9.17) is 4.42 Å². The smallest absolute Gasteiger partial charge is 0.216 e. The summed E-state index contributed by atoms with van der Waals surface area (Å²) in [6, 6.07) is 3.68. The van der Waals surface area contributed by atoms with Crippen molar-refractivity contribution in [3.63, 3.8) is 0 Å². The maximum absolute atomic E-state index is 5.31. The molecule has 0 aromatic carbocycles. The second-order valence-corrected chi connectivity index (χ2v) is 7.55. The van der Waals surface area contributed by atoms with Gasteiger partial charge in [0.25, 0.3) is 0 Å². The Hall–Kier alpha value is -2.35. The number of piperidine rings is 1. The van der Waals surface area contributed by atoms with Crippen LogP contribution >= 0.6 is 0 Å². The van der Waals surface area contributed by atoms with Crippen LogP contribution in [0.4, 0.5) is 0 Å². The molecular formula is C19H31N7O. The number of aromatic nitrogens is 3. The molecule has 0 bridgehead atoms. The normalized spacial score (nSPS) is 16.5. The summed E-state index contributed by atoms with van der Waals surface area (Å²) in [4.78, 5) is 11.4. The molecule has 8 heteroatoms. The Morgan fingerprint density at radius 1 is 1.30 bits per heavy atom. The molecule has 1 aliphatic heterocycles. The minimum atomic E-state index is 0.112. The lowest BCUT2D eigenvalue weighted by molar-refractivity contribution is 0.0982. The zero-order valence-corrected chi connectivity index (χ0v) is 16.6. The van der Waals surface area contributed by atoms with Gasteiger partial charge in [0.2, 0.25) is 5.82 Å². The van der Waals surface area contributed by atoms with E-state index in [1.165, 1.54) is 32.4 Å². The zero-order chi connectivity index (χ0) is 19.1. The summed E-state index contributed by atoms with van der Waals surface area (Å²) >= 11 is 0. The van der Waals surface area contributed by atoms with Crippen LogP contribution in [0.2, 0.25) is 0 Å². The highest BCUT2D eigenvalue weighted by Crippen LogP contribution is 2.19. The van der Waals surface area contributed by atoms with Gasteiger partial charge in [-0.2, -0.15) is 5.10 Å². The third-order valence-electron chi connectivity index (χ3n) is 5.05. The van der Waals surface area contributed by atoms with Gasteiger partial charge in [0.1, 0.15) is 5.82 Å². The van der Waals surface area contributed by atoms with Crippen LogP contribution in [0.25, 0.3) is 11.6 Å². The molecule has 3 rings (SSSR count). The first kappa shape index (κ1) is 19.4. The van der Waals surface area contributed by atoms with Crippen molar-refractivity contribution in [3.05, 3.63) is 24.2 Å². The van der Waals surface area contributed by atoms with E-state index in [2.05, 4.69) is 49.6 Å². The summed E-state index contributed by atoms with van der Waals surface area (Å²) in [6.07, 6.45) is 6.30. The number of aliphatic imine (C=N–C) groups is 1. The molecule has 0 atom stereocenters. The Bertz CT molecular complexity index is 714. The monoisotopic (exact) mass is 373 g/mol. The Labute approximate surface area is 160 Å². The van der Waals surface area contributed by atoms with Crippen LogP contribution in [-0.4, -0.2) is 64.8 Å². The van der Waals surface area contributed by atoms with Crippen molar-refractivity contribution in [1.29, 1.82) is 0 Å². The molecule has 0 unspecified atom stereocenters.